The molecular formula is C67H34N6S3. The number of thiophene rings is 3. The molecule has 17 aromatic rings. The Morgan fingerprint density at radius 2 is 0.750 bits per heavy atom. The SMILES string of the molecule is [C-]#[N+]c1c(C#N)c(-n2c3ccccc3c3ccc4c5ccccc5sc4c32)c(-n2c3ccccc3c3ccc4c5ccccc5sc4c32)c(-c2ccccn2)c1-n1c2ccccc2c2ccc3c4ccccc4sc3c21. The lowest BCUT2D eigenvalue weighted by Gasteiger charge is -2.27. The summed E-state index contributed by atoms with van der Waals surface area (Å²) < 4.78 is 14.0. The molecule has 0 fully saturated rings. The molecule has 0 saturated carbocycles. The van der Waals surface area contributed by atoms with E-state index in [1.54, 1.807) is 34.0 Å². The van der Waals surface area contributed by atoms with E-state index in [1.807, 2.05) is 18.3 Å². The summed E-state index contributed by atoms with van der Waals surface area (Å²) in [6.07, 6.45) is 1.85. The topological polar surface area (TPSA) is 55.8 Å². The molecule has 0 atom stereocenters. The number of pyridine rings is 1. The standard InChI is InChI=1S/C67H34N6S3/c1-69-58-49(36-68)59(71-51-23-8-2-16-37(51)43-29-32-46-40-19-5-11-26-54(40)74-65(46)60(43)71)64(73-53-25-10-4-18-39(53)45-31-34-48-42-21-7-13-28-56(42)76-67(48)62(45)73)57(50-22-14-15-35-70-50)63(58)72-52-24-9-3-17-38(52)44-30-33-47-41-20-6-12-27-55(41)75-66(47)61(44)72/h2-35H. The Hall–Kier alpha value is -9.61. The summed E-state index contributed by atoms with van der Waals surface area (Å²) in [6, 6.07) is 74.1. The molecule has 0 bridgehead atoms. The first-order valence-electron chi connectivity index (χ1n) is 25.1. The molecular weight excluding hydrogens is 985 g/mol. The first kappa shape index (κ1) is 41.8. The lowest BCUT2D eigenvalue weighted by Crippen LogP contribution is -2.12. The number of benzene rings is 10. The van der Waals surface area contributed by atoms with Crippen LogP contribution in [0.15, 0.2) is 206 Å². The number of aromatic nitrogens is 4. The molecule has 0 saturated heterocycles. The van der Waals surface area contributed by atoms with Crippen LogP contribution in [0.3, 0.4) is 0 Å². The predicted octanol–water partition coefficient (Wildman–Crippen LogP) is 19.6. The molecule has 0 aliphatic rings. The van der Waals surface area contributed by atoms with Crippen LogP contribution in [0.25, 0.3) is 159 Å². The first-order chi connectivity index (χ1) is 37.7. The van der Waals surface area contributed by atoms with E-state index in [0.717, 1.165) is 107 Å². The lowest BCUT2D eigenvalue weighted by atomic mass is 9.96. The number of nitriles is 1. The summed E-state index contributed by atoms with van der Waals surface area (Å²) in [7, 11) is 0. The fourth-order valence-corrected chi connectivity index (χ4v) is 16.4. The number of hydrogen-bond donors (Lipinski definition) is 0. The van der Waals surface area contributed by atoms with Crippen molar-refractivity contribution in [1.82, 2.24) is 18.7 Å². The van der Waals surface area contributed by atoms with Crippen molar-refractivity contribution < 1.29 is 0 Å². The van der Waals surface area contributed by atoms with Crippen LogP contribution in [-0.2, 0) is 0 Å². The van der Waals surface area contributed by atoms with Crippen molar-refractivity contribution in [2.75, 3.05) is 0 Å². The lowest BCUT2D eigenvalue weighted by molar-refractivity contribution is 1.08. The van der Waals surface area contributed by atoms with Gasteiger partial charge in [0.25, 0.3) is 0 Å². The molecule has 76 heavy (non-hydrogen) atoms. The molecule has 0 N–H and O–H groups in total. The maximum absolute atomic E-state index is 12.5. The molecule has 7 heterocycles. The summed E-state index contributed by atoms with van der Waals surface area (Å²) in [5, 5.41) is 25.9. The van der Waals surface area contributed by atoms with E-state index >= 15 is 0 Å². The normalized spacial score (nSPS) is 12.2. The zero-order valence-electron chi connectivity index (χ0n) is 40.0. The summed E-state index contributed by atoms with van der Waals surface area (Å²) in [6.45, 7) is 9.62. The van der Waals surface area contributed by atoms with Crippen LogP contribution in [0.4, 0.5) is 5.69 Å². The highest BCUT2D eigenvalue weighted by atomic mass is 32.1. The van der Waals surface area contributed by atoms with E-state index in [-0.39, 0.29) is 11.3 Å². The maximum atomic E-state index is 12.5. The van der Waals surface area contributed by atoms with E-state index < -0.39 is 0 Å². The Kier molecular flexibility index (Phi) is 8.51. The van der Waals surface area contributed by atoms with E-state index in [2.05, 4.69) is 213 Å². The second-order valence-corrected chi connectivity index (χ2v) is 22.6. The van der Waals surface area contributed by atoms with Gasteiger partial charge in [0.05, 0.1) is 88.2 Å². The Bertz CT molecular complexity index is 5510. The molecule has 350 valence electrons. The Balaban J connectivity index is 1.20. The van der Waals surface area contributed by atoms with Gasteiger partial charge < -0.3 is 13.7 Å². The number of fused-ring (bicyclic) bond motifs is 21. The van der Waals surface area contributed by atoms with Gasteiger partial charge in [-0.1, -0.05) is 152 Å². The average Bonchev–Trinajstić information content (AvgIpc) is 4.48. The van der Waals surface area contributed by atoms with Crippen LogP contribution in [0.1, 0.15) is 5.56 Å². The zero-order chi connectivity index (χ0) is 49.9. The smallest absolute Gasteiger partial charge is 0.230 e. The minimum absolute atomic E-state index is 0.255. The van der Waals surface area contributed by atoms with Gasteiger partial charge in [-0.25, -0.2) is 4.85 Å². The van der Waals surface area contributed by atoms with Crippen LogP contribution >= 0.6 is 34.0 Å². The van der Waals surface area contributed by atoms with Gasteiger partial charge >= 0.3 is 0 Å². The second kappa shape index (κ2) is 15.5. The average molecular weight is 1020 g/mol. The fraction of sp³-hybridized carbons (Fsp3) is 0. The summed E-state index contributed by atoms with van der Waals surface area (Å²) >= 11 is 5.34. The molecule has 17 rings (SSSR count). The largest absolute Gasteiger partial charge is 0.317 e. The van der Waals surface area contributed by atoms with Crippen LogP contribution < -0.4 is 0 Å². The molecule has 0 spiro atoms. The Labute approximate surface area is 444 Å². The highest BCUT2D eigenvalue weighted by molar-refractivity contribution is 7.27. The van der Waals surface area contributed by atoms with Crippen molar-refractivity contribution in [3.8, 4) is 34.4 Å². The second-order valence-electron chi connectivity index (χ2n) is 19.5. The summed E-state index contributed by atoms with van der Waals surface area (Å²) in [5.41, 5.74) is 9.84. The van der Waals surface area contributed by atoms with Gasteiger partial charge in [0, 0.05) is 90.5 Å². The highest BCUT2D eigenvalue weighted by Gasteiger charge is 2.35. The monoisotopic (exact) mass is 1020 g/mol. The molecule has 0 unspecified atom stereocenters. The Morgan fingerprint density at radius 1 is 0.382 bits per heavy atom. The van der Waals surface area contributed by atoms with Gasteiger partial charge in [0.15, 0.2) is 0 Å². The minimum atomic E-state index is 0.255. The minimum Gasteiger partial charge on any atom is -0.317 e. The zero-order valence-corrected chi connectivity index (χ0v) is 42.5. The molecule has 0 aliphatic carbocycles. The molecule has 0 amide bonds. The van der Waals surface area contributed by atoms with Crippen molar-refractivity contribution in [1.29, 1.82) is 5.26 Å². The van der Waals surface area contributed by atoms with Gasteiger partial charge in [-0.3, -0.25) is 4.98 Å². The molecule has 0 radical (unpaired) electrons. The molecule has 10 aromatic carbocycles. The summed E-state index contributed by atoms with van der Waals surface area (Å²) in [4.78, 5) is 9.98. The number of rotatable bonds is 4. The van der Waals surface area contributed by atoms with Crippen molar-refractivity contribution in [3.63, 3.8) is 0 Å². The van der Waals surface area contributed by atoms with E-state index in [0.29, 0.717) is 17.1 Å². The van der Waals surface area contributed by atoms with Crippen LogP contribution in [0.2, 0.25) is 0 Å². The quantitative estimate of drug-likeness (QED) is 0.165. The highest BCUT2D eigenvalue weighted by Crippen LogP contribution is 2.55. The number of nitrogens with zero attached hydrogens (tertiary/aromatic N) is 6. The van der Waals surface area contributed by atoms with Crippen LogP contribution in [0, 0.1) is 17.9 Å². The van der Waals surface area contributed by atoms with Crippen LogP contribution in [0.5, 0.6) is 0 Å². The number of hydrogen-bond acceptors (Lipinski definition) is 5. The molecule has 7 aromatic heterocycles. The Morgan fingerprint density at radius 3 is 1.16 bits per heavy atom. The van der Waals surface area contributed by atoms with Crippen LogP contribution in [-0.4, -0.2) is 18.7 Å². The first-order valence-corrected chi connectivity index (χ1v) is 27.6. The van der Waals surface area contributed by atoms with Gasteiger partial charge in [0.1, 0.15) is 0 Å². The van der Waals surface area contributed by atoms with Gasteiger partial charge in [-0.2, -0.15) is 5.26 Å². The van der Waals surface area contributed by atoms with E-state index in [9.17, 15) is 11.8 Å². The predicted molar refractivity (Wildman–Crippen MR) is 322 cm³/mol. The van der Waals surface area contributed by atoms with Gasteiger partial charge in [-0.05, 0) is 48.5 Å². The van der Waals surface area contributed by atoms with Gasteiger partial charge in [0.2, 0.25) is 5.69 Å². The number of para-hydroxylation sites is 3. The third kappa shape index (κ3) is 5.38. The van der Waals surface area contributed by atoms with Crippen molar-refractivity contribution in [2.45, 2.75) is 0 Å². The van der Waals surface area contributed by atoms with Crippen molar-refractivity contribution in [2.24, 2.45) is 0 Å². The van der Waals surface area contributed by atoms with Crippen molar-refractivity contribution in [3.05, 3.63) is 223 Å². The third-order valence-electron chi connectivity index (χ3n) is 15.7. The molecule has 0 aliphatic heterocycles. The molecule has 9 heteroatoms. The third-order valence-corrected chi connectivity index (χ3v) is 19.3. The fourth-order valence-electron chi connectivity index (χ4n) is 12.7. The van der Waals surface area contributed by atoms with E-state index in [1.165, 1.54) is 30.3 Å². The molecule has 6 nitrogen and oxygen atoms in total. The van der Waals surface area contributed by atoms with Gasteiger partial charge in [-0.15, -0.1) is 34.0 Å². The van der Waals surface area contributed by atoms with E-state index in [4.69, 9.17) is 4.98 Å². The summed E-state index contributed by atoms with van der Waals surface area (Å²) in [5.74, 6) is 0. The maximum Gasteiger partial charge on any atom is 0.230 e. The van der Waals surface area contributed by atoms with Crippen molar-refractivity contribution >= 4 is 166 Å².